The summed E-state index contributed by atoms with van der Waals surface area (Å²) in [5, 5.41) is 2.16. The third-order valence-electron chi connectivity index (χ3n) is 3.35. The molecule has 0 saturated carbocycles. The van der Waals surface area contributed by atoms with E-state index in [1.54, 1.807) is 31.4 Å². The topological polar surface area (TPSA) is 38.3 Å². The molecule has 0 saturated heterocycles. The van der Waals surface area contributed by atoms with Crippen molar-refractivity contribution in [3.8, 4) is 5.75 Å². The fourth-order valence-electron chi connectivity index (χ4n) is 2.00. The van der Waals surface area contributed by atoms with Gasteiger partial charge in [-0.25, -0.2) is 0 Å². The predicted octanol–water partition coefficient (Wildman–Crippen LogP) is 3.60. The zero-order chi connectivity index (χ0) is 15.2. The Balaban J connectivity index is 1.97. The van der Waals surface area contributed by atoms with Crippen LogP contribution in [0.4, 0.5) is 0 Å². The molecule has 1 unspecified atom stereocenters. The van der Waals surface area contributed by atoms with E-state index in [2.05, 4.69) is 5.32 Å². The summed E-state index contributed by atoms with van der Waals surface area (Å²) in [6.07, 6.45) is 0. The molecule has 2 aromatic carbocycles. The zero-order valence-electron chi connectivity index (χ0n) is 12.1. The number of halogens is 1. The largest absolute Gasteiger partial charge is 0.497 e. The maximum atomic E-state index is 12.1. The first-order valence-electron chi connectivity index (χ1n) is 6.72. The second kappa shape index (κ2) is 7.14. The summed E-state index contributed by atoms with van der Waals surface area (Å²) >= 11 is 6.21. The monoisotopic (exact) mass is 303 g/mol. The van der Waals surface area contributed by atoms with Crippen LogP contribution in [0.5, 0.6) is 5.75 Å². The SMILES string of the molecule is COc1ccc(C(Cl)C(=O)NCc2ccccc2C)cc1. The van der Waals surface area contributed by atoms with Gasteiger partial charge in [-0.3, -0.25) is 4.79 Å². The second-order valence-corrected chi connectivity index (χ2v) is 5.22. The summed E-state index contributed by atoms with van der Waals surface area (Å²) < 4.78 is 5.08. The van der Waals surface area contributed by atoms with Crippen molar-refractivity contribution in [1.29, 1.82) is 0 Å². The Morgan fingerprint density at radius 3 is 2.48 bits per heavy atom. The van der Waals surface area contributed by atoms with Crippen molar-refractivity contribution < 1.29 is 9.53 Å². The Hall–Kier alpha value is -2.00. The minimum atomic E-state index is -0.708. The van der Waals surface area contributed by atoms with E-state index in [1.165, 1.54) is 0 Å². The van der Waals surface area contributed by atoms with Crippen LogP contribution in [0.2, 0.25) is 0 Å². The molecule has 110 valence electrons. The molecule has 0 fully saturated rings. The Kier molecular flexibility index (Phi) is 5.23. The van der Waals surface area contributed by atoms with Crippen molar-refractivity contribution in [3.63, 3.8) is 0 Å². The van der Waals surface area contributed by atoms with E-state index in [1.807, 2.05) is 31.2 Å². The maximum absolute atomic E-state index is 12.1. The molecule has 4 heteroatoms. The number of rotatable bonds is 5. The van der Waals surface area contributed by atoms with E-state index in [0.717, 1.165) is 22.4 Å². The molecule has 0 heterocycles. The lowest BCUT2D eigenvalue weighted by Gasteiger charge is -2.12. The number of hydrogen-bond donors (Lipinski definition) is 1. The van der Waals surface area contributed by atoms with Gasteiger partial charge in [0.05, 0.1) is 7.11 Å². The molecule has 0 aromatic heterocycles. The fraction of sp³-hybridized carbons (Fsp3) is 0.235. The van der Waals surface area contributed by atoms with Gasteiger partial charge >= 0.3 is 0 Å². The van der Waals surface area contributed by atoms with Crippen LogP contribution in [0.15, 0.2) is 48.5 Å². The lowest BCUT2D eigenvalue weighted by Crippen LogP contribution is -2.26. The summed E-state index contributed by atoms with van der Waals surface area (Å²) in [5.74, 6) is 0.535. The van der Waals surface area contributed by atoms with Crippen LogP contribution in [0, 0.1) is 6.92 Å². The normalized spacial score (nSPS) is 11.8. The Labute approximate surface area is 129 Å². The number of hydrogen-bond acceptors (Lipinski definition) is 2. The molecule has 0 radical (unpaired) electrons. The second-order valence-electron chi connectivity index (χ2n) is 4.78. The van der Waals surface area contributed by atoms with Gasteiger partial charge in [-0.2, -0.15) is 0 Å². The first-order chi connectivity index (χ1) is 10.1. The summed E-state index contributed by atoms with van der Waals surface area (Å²) in [6, 6.07) is 15.1. The quantitative estimate of drug-likeness (QED) is 0.857. The van der Waals surface area contributed by atoms with Crippen molar-refractivity contribution >= 4 is 17.5 Å². The van der Waals surface area contributed by atoms with Crippen molar-refractivity contribution in [2.75, 3.05) is 7.11 Å². The molecule has 0 aliphatic rings. The Morgan fingerprint density at radius 1 is 1.19 bits per heavy atom. The number of carbonyl (C=O) groups is 1. The lowest BCUT2D eigenvalue weighted by atomic mass is 10.1. The highest BCUT2D eigenvalue weighted by molar-refractivity contribution is 6.30. The van der Waals surface area contributed by atoms with E-state index in [4.69, 9.17) is 16.3 Å². The zero-order valence-corrected chi connectivity index (χ0v) is 12.9. The van der Waals surface area contributed by atoms with E-state index in [-0.39, 0.29) is 5.91 Å². The molecular weight excluding hydrogens is 286 g/mol. The van der Waals surface area contributed by atoms with Gasteiger partial charge in [0.15, 0.2) is 0 Å². The molecule has 2 rings (SSSR count). The van der Waals surface area contributed by atoms with Gasteiger partial charge < -0.3 is 10.1 Å². The van der Waals surface area contributed by atoms with E-state index in [0.29, 0.717) is 6.54 Å². The fourth-order valence-corrected chi connectivity index (χ4v) is 2.23. The predicted molar refractivity (Wildman–Crippen MR) is 84.6 cm³/mol. The highest BCUT2D eigenvalue weighted by atomic mass is 35.5. The molecule has 1 amide bonds. The highest BCUT2D eigenvalue weighted by Crippen LogP contribution is 2.23. The molecule has 21 heavy (non-hydrogen) atoms. The highest BCUT2D eigenvalue weighted by Gasteiger charge is 2.17. The van der Waals surface area contributed by atoms with Crippen molar-refractivity contribution in [2.24, 2.45) is 0 Å². The van der Waals surface area contributed by atoms with Crippen molar-refractivity contribution in [1.82, 2.24) is 5.32 Å². The summed E-state index contributed by atoms with van der Waals surface area (Å²) in [5.41, 5.74) is 2.98. The molecule has 0 spiro atoms. The molecule has 0 bridgehead atoms. The summed E-state index contributed by atoms with van der Waals surface area (Å²) in [4.78, 5) is 12.1. The van der Waals surface area contributed by atoms with E-state index in [9.17, 15) is 4.79 Å². The number of nitrogens with one attached hydrogen (secondary N) is 1. The smallest absolute Gasteiger partial charge is 0.242 e. The van der Waals surface area contributed by atoms with E-state index < -0.39 is 5.38 Å². The number of benzene rings is 2. The number of ether oxygens (including phenoxy) is 1. The number of aryl methyl sites for hydroxylation is 1. The van der Waals surface area contributed by atoms with Crippen LogP contribution >= 0.6 is 11.6 Å². The van der Waals surface area contributed by atoms with E-state index >= 15 is 0 Å². The van der Waals surface area contributed by atoms with Gasteiger partial charge in [-0.05, 0) is 35.7 Å². The van der Waals surface area contributed by atoms with Crippen LogP contribution in [-0.4, -0.2) is 13.0 Å². The minimum absolute atomic E-state index is 0.204. The van der Waals surface area contributed by atoms with Crippen LogP contribution in [0.3, 0.4) is 0 Å². The number of carbonyl (C=O) groups excluding carboxylic acids is 1. The summed E-state index contributed by atoms with van der Waals surface area (Å²) in [7, 11) is 1.60. The van der Waals surface area contributed by atoms with Crippen molar-refractivity contribution in [3.05, 3.63) is 65.2 Å². The molecule has 2 aromatic rings. The number of methoxy groups -OCH3 is 1. The average molecular weight is 304 g/mol. The van der Waals surface area contributed by atoms with Gasteiger partial charge in [0.2, 0.25) is 5.91 Å². The molecule has 1 N–H and O–H groups in total. The molecule has 1 atom stereocenters. The molecule has 0 aliphatic carbocycles. The first-order valence-corrected chi connectivity index (χ1v) is 7.15. The van der Waals surface area contributed by atoms with Gasteiger partial charge in [0, 0.05) is 6.54 Å². The van der Waals surface area contributed by atoms with Crippen molar-refractivity contribution in [2.45, 2.75) is 18.8 Å². The standard InChI is InChI=1S/C17H18ClNO2/c1-12-5-3-4-6-14(12)11-19-17(20)16(18)13-7-9-15(21-2)10-8-13/h3-10,16H,11H2,1-2H3,(H,19,20). The number of alkyl halides is 1. The third kappa shape index (κ3) is 3.99. The van der Waals surface area contributed by atoms with Gasteiger partial charge in [0.25, 0.3) is 0 Å². The van der Waals surface area contributed by atoms with Crippen LogP contribution < -0.4 is 10.1 Å². The Morgan fingerprint density at radius 2 is 1.86 bits per heavy atom. The summed E-state index contributed by atoms with van der Waals surface area (Å²) in [6.45, 7) is 2.49. The maximum Gasteiger partial charge on any atom is 0.242 e. The van der Waals surface area contributed by atoms with Gasteiger partial charge in [-0.15, -0.1) is 11.6 Å². The lowest BCUT2D eigenvalue weighted by molar-refractivity contribution is -0.121. The van der Waals surface area contributed by atoms with Gasteiger partial charge in [-0.1, -0.05) is 36.4 Å². The Bertz CT molecular complexity index is 610. The van der Waals surface area contributed by atoms with Crippen LogP contribution in [0.1, 0.15) is 22.1 Å². The first kappa shape index (κ1) is 15.4. The third-order valence-corrected chi connectivity index (χ3v) is 3.80. The average Bonchev–Trinajstić information content (AvgIpc) is 2.53. The molecular formula is C17H18ClNO2. The molecule has 0 aliphatic heterocycles. The molecule has 3 nitrogen and oxygen atoms in total. The minimum Gasteiger partial charge on any atom is -0.497 e. The van der Waals surface area contributed by atoms with Gasteiger partial charge in [0.1, 0.15) is 11.1 Å². The van der Waals surface area contributed by atoms with Crippen LogP contribution in [0.25, 0.3) is 0 Å². The van der Waals surface area contributed by atoms with Crippen LogP contribution in [-0.2, 0) is 11.3 Å². The number of amides is 1.